The van der Waals surface area contributed by atoms with E-state index in [1.54, 1.807) is 11.3 Å². The molecule has 1 saturated heterocycles. The van der Waals surface area contributed by atoms with Crippen LogP contribution in [0.3, 0.4) is 0 Å². The minimum Gasteiger partial charge on any atom is -0.379 e. The lowest BCUT2D eigenvalue weighted by Gasteiger charge is -2.37. The molecule has 2 atom stereocenters. The molecule has 1 aromatic heterocycles. The fourth-order valence-electron chi connectivity index (χ4n) is 3.38. The van der Waals surface area contributed by atoms with Gasteiger partial charge in [-0.1, -0.05) is 35.9 Å². The summed E-state index contributed by atoms with van der Waals surface area (Å²) in [6.07, 6.45) is 0. The maximum absolute atomic E-state index is 12.4. The van der Waals surface area contributed by atoms with Crippen molar-refractivity contribution in [3.05, 3.63) is 57.8 Å². The second kappa shape index (κ2) is 9.82. The van der Waals surface area contributed by atoms with Crippen molar-refractivity contribution in [1.29, 1.82) is 0 Å². The van der Waals surface area contributed by atoms with Crippen LogP contribution in [0, 0.1) is 6.92 Å². The minimum absolute atomic E-state index is 0.0257. The van der Waals surface area contributed by atoms with Gasteiger partial charge in [0.1, 0.15) is 0 Å². The second-order valence-corrected chi connectivity index (χ2v) is 8.02. The van der Waals surface area contributed by atoms with Crippen LogP contribution in [0.25, 0.3) is 0 Å². The van der Waals surface area contributed by atoms with Crippen LogP contribution in [0.4, 0.5) is 0 Å². The standard InChI is InChI=1S/C21H27N3O3S/c1-15-5-7-17(8-6-15)14-22-20(25)21(26)23-16(2)19(18-4-3-13-28-18)24-9-11-27-12-10-24/h3-8,13,16,19H,9-12,14H2,1-2H3,(H,22,25)(H,23,26)/t16-,19+/m1/s1. The number of benzene rings is 1. The summed E-state index contributed by atoms with van der Waals surface area (Å²) < 4.78 is 5.46. The Morgan fingerprint density at radius 2 is 1.86 bits per heavy atom. The molecule has 0 unspecified atom stereocenters. The van der Waals surface area contributed by atoms with Crippen LogP contribution in [-0.4, -0.2) is 49.1 Å². The largest absolute Gasteiger partial charge is 0.379 e. The van der Waals surface area contributed by atoms with Gasteiger partial charge in [-0.3, -0.25) is 14.5 Å². The van der Waals surface area contributed by atoms with Crippen molar-refractivity contribution in [3.8, 4) is 0 Å². The van der Waals surface area contributed by atoms with Gasteiger partial charge >= 0.3 is 11.8 Å². The number of morpholine rings is 1. The van der Waals surface area contributed by atoms with Crippen LogP contribution >= 0.6 is 11.3 Å². The monoisotopic (exact) mass is 401 g/mol. The van der Waals surface area contributed by atoms with Gasteiger partial charge in [0, 0.05) is 30.6 Å². The first-order valence-corrected chi connectivity index (χ1v) is 10.4. The lowest BCUT2D eigenvalue weighted by Crippen LogP contribution is -2.51. The lowest BCUT2D eigenvalue weighted by molar-refractivity contribution is -0.140. The zero-order valence-electron chi connectivity index (χ0n) is 16.3. The molecular weight excluding hydrogens is 374 g/mol. The summed E-state index contributed by atoms with van der Waals surface area (Å²) >= 11 is 1.66. The summed E-state index contributed by atoms with van der Waals surface area (Å²) in [6, 6.07) is 11.8. The summed E-state index contributed by atoms with van der Waals surface area (Å²) in [5.41, 5.74) is 2.12. The van der Waals surface area contributed by atoms with Crippen LogP contribution in [0.1, 0.15) is 29.0 Å². The number of hydrogen-bond donors (Lipinski definition) is 2. The zero-order chi connectivity index (χ0) is 19.9. The van der Waals surface area contributed by atoms with Crippen LogP contribution in [0.15, 0.2) is 41.8 Å². The Morgan fingerprint density at radius 1 is 1.14 bits per heavy atom. The number of nitrogens with one attached hydrogen (secondary N) is 2. The van der Waals surface area contributed by atoms with Crippen molar-refractivity contribution in [3.63, 3.8) is 0 Å². The van der Waals surface area contributed by atoms with E-state index >= 15 is 0 Å². The molecule has 28 heavy (non-hydrogen) atoms. The fraction of sp³-hybridized carbons (Fsp3) is 0.429. The third-order valence-electron chi connectivity index (χ3n) is 4.89. The smallest absolute Gasteiger partial charge is 0.309 e. The summed E-state index contributed by atoms with van der Waals surface area (Å²) in [5.74, 6) is -1.21. The number of rotatable bonds is 6. The molecule has 7 heteroatoms. The van der Waals surface area contributed by atoms with Gasteiger partial charge in [0.15, 0.2) is 0 Å². The molecule has 2 heterocycles. The molecule has 1 aromatic carbocycles. The third-order valence-corrected chi connectivity index (χ3v) is 5.83. The van der Waals surface area contributed by atoms with Gasteiger partial charge in [0.05, 0.1) is 19.3 Å². The van der Waals surface area contributed by atoms with Crippen LogP contribution in [0.2, 0.25) is 0 Å². The Bertz CT molecular complexity index is 771. The molecule has 2 amide bonds. The van der Waals surface area contributed by atoms with E-state index < -0.39 is 11.8 Å². The molecule has 3 rings (SSSR count). The summed E-state index contributed by atoms with van der Waals surface area (Å²) in [4.78, 5) is 28.2. The van der Waals surface area contributed by atoms with E-state index in [0.717, 1.165) is 24.2 Å². The highest BCUT2D eigenvalue weighted by atomic mass is 32.1. The lowest BCUT2D eigenvalue weighted by atomic mass is 10.1. The first-order valence-electron chi connectivity index (χ1n) is 9.54. The van der Waals surface area contributed by atoms with Gasteiger partial charge in [0.2, 0.25) is 0 Å². The van der Waals surface area contributed by atoms with Crippen molar-refractivity contribution in [2.45, 2.75) is 32.5 Å². The molecule has 0 radical (unpaired) electrons. The van der Waals surface area contributed by atoms with E-state index in [4.69, 9.17) is 4.74 Å². The predicted molar refractivity (Wildman–Crippen MR) is 110 cm³/mol. The van der Waals surface area contributed by atoms with Gasteiger partial charge < -0.3 is 15.4 Å². The van der Waals surface area contributed by atoms with E-state index in [1.165, 1.54) is 4.88 Å². The number of carbonyl (C=O) groups excluding carboxylic acids is 2. The van der Waals surface area contributed by atoms with Gasteiger partial charge in [-0.05, 0) is 30.9 Å². The molecule has 6 nitrogen and oxygen atoms in total. The van der Waals surface area contributed by atoms with Crippen LogP contribution in [0.5, 0.6) is 0 Å². The summed E-state index contributed by atoms with van der Waals surface area (Å²) in [5, 5.41) is 7.61. The van der Waals surface area contributed by atoms with Crippen molar-refractivity contribution >= 4 is 23.2 Å². The van der Waals surface area contributed by atoms with Crippen molar-refractivity contribution in [1.82, 2.24) is 15.5 Å². The van der Waals surface area contributed by atoms with Gasteiger partial charge in [-0.25, -0.2) is 0 Å². The molecule has 0 saturated carbocycles. The van der Waals surface area contributed by atoms with Crippen molar-refractivity contribution in [2.24, 2.45) is 0 Å². The van der Waals surface area contributed by atoms with Gasteiger partial charge in [-0.15, -0.1) is 11.3 Å². The van der Waals surface area contributed by atoms with Crippen LogP contribution < -0.4 is 10.6 Å². The zero-order valence-corrected chi connectivity index (χ0v) is 17.1. The number of hydrogen-bond acceptors (Lipinski definition) is 5. The highest BCUT2D eigenvalue weighted by molar-refractivity contribution is 7.10. The molecule has 1 aliphatic heterocycles. The average molecular weight is 402 g/mol. The summed E-state index contributed by atoms with van der Waals surface area (Å²) in [7, 11) is 0. The van der Waals surface area contributed by atoms with E-state index in [2.05, 4.69) is 21.6 Å². The first-order chi connectivity index (χ1) is 13.5. The minimum atomic E-state index is -0.612. The predicted octanol–water partition coefficient (Wildman–Crippen LogP) is 2.25. The second-order valence-electron chi connectivity index (χ2n) is 7.04. The number of ether oxygens (including phenoxy) is 1. The van der Waals surface area contributed by atoms with E-state index in [1.807, 2.05) is 49.6 Å². The number of carbonyl (C=O) groups is 2. The van der Waals surface area contributed by atoms with E-state index in [0.29, 0.717) is 19.8 Å². The highest BCUT2D eigenvalue weighted by Crippen LogP contribution is 2.29. The maximum Gasteiger partial charge on any atom is 0.309 e. The normalized spacial score (nSPS) is 16.9. The quantitative estimate of drug-likeness (QED) is 0.729. The van der Waals surface area contributed by atoms with Gasteiger partial charge in [-0.2, -0.15) is 0 Å². The van der Waals surface area contributed by atoms with E-state index in [9.17, 15) is 9.59 Å². The molecule has 1 fully saturated rings. The maximum atomic E-state index is 12.4. The van der Waals surface area contributed by atoms with Crippen molar-refractivity contribution in [2.75, 3.05) is 26.3 Å². The molecule has 0 spiro atoms. The highest BCUT2D eigenvalue weighted by Gasteiger charge is 2.30. The Morgan fingerprint density at radius 3 is 2.50 bits per heavy atom. The first kappa shape index (κ1) is 20.5. The number of aryl methyl sites for hydroxylation is 1. The molecule has 2 N–H and O–H groups in total. The van der Waals surface area contributed by atoms with E-state index in [-0.39, 0.29) is 12.1 Å². The molecular formula is C21H27N3O3S. The Balaban J connectivity index is 1.58. The molecule has 0 bridgehead atoms. The fourth-order valence-corrected chi connectivity index (χ4v) is 4.34. The third kappa shape index (κ3) is 5.41. The molecule has 0 aliphatic carbocycles. The average Bonchev–Trinajstić information content (AvgIpc) is 3.22. The molecule has 2 aromatic rings. The van der Waals surface area contributed by atoms with Gasteiger partial charge in [0.25, 0.3) is 0 Å². The Labute approximate surface area is 169 Å². The number of thiophene rings is 1. The SMILES string of the molecule is Cc1ccc(CNC(=O)C(=O)N[C@H](C)[C@@H](c2cccs2)N2CCOCC2)cc1. The molecule has 1 aliphatic rings. The summed E-state index contributed by atoms with van der Waals surface area (Å²) in [6.45, 7) is 7.27. The number of amides is 2. The van der Waals surface area contributed by atoms with Crippen molar-refractivity contribution < 1.29 is 14.3 Å². The number of nitrogens with zero attached hydrogens (tertiary/aromatic N) is 1. The molecule has 150 valence electrons. The topological polar surface area (TPSA) is 70.7 Å². The Hall–Kier alpha value is -2.22. The van der Waals surface area contributed by atoms with Crippen LogP contribution in [-0.2, 0) is 20.9 Å². The Kier molecular flexibility index (Phi) is 7.19.